The van der Waals surface area contributed by atoms with Crippen LogP contribution in [-0.4, -0.2) is 44.2 Å². The molecule has 1 unspecified atom stereocenters. The van der Waals surface area contributed by atoms with Gasteiger partial charge in [-0.2, -0.15) is 0 Å². The standard InChI is InChI=1S/C23H30N2O4/c1-3-28-22-16-18(9-11-21(22)27-2)10-12-23(26)24-17-19(20-8-7-15-29-20)25-13-5-4-6-14-25/h7-12,15-16,19H,3-6,13-14,17H2,1-2H3,(H,24,26)/b12-10+. The van der Waals surface area contributed by atoms with Gasteiger partial charge in [0.05, 0.1) is 26.0 Å². The Kier molecular flexibility index (Phi) is 7.76. The number of hydrogen-bond donors (Lipinski definition) is 1. The van der Waals surface area contributed by atoms with Crippen molar-refractivity contribution >= 4 is 12.0 Å². The summed E-state index contributed by atoms with van der Waals surface area (Å²) in [5, 5.41) is 3.02. The predicted octanol–water partition coefficient (Wildman–Crippen LogP) is 4.04. The second-order valence-corrected chi connectivity index (χ2v) is 7.05. The smallest absolute Gasteiger partial charge is 0.244 e. The van der Waals surface area contributed by atoms with E-state index in [1.807, 2.05) is 37.3 Å². The zero-order chi connectivity index (χ0) is 20.5. The average Bonchev–Trinajstić information content (AvgIpc) is 3.28. The predicted molar refractivity (Wildman–Crippen MR) is 113 cm³/mol. The van der Waals surface area contributed by atoms with Crippen LogP contribution in [0.15, 0.2) is 47.1 Å². The topological polar surface area (TPSA) is 63.9 Å². The summed E-state index contributed by atoms with van der Waals surface area (Å²) in [5.74, 6) is 2.11. The highest BCUT2D eigenvalue weighted by molar-refractivity contribution is 5.91. The van der Waals surface area contributed by atoms with E-state index in [4.69, 9.17) is 13.9 Å². The van der Waals surface area contributed by atoms with Gasteiger partial charge in [-0.1, -0.05) is 12.5 Å². The van der Waals surface area contributed by atoms with E-state index in [0.29, 0.717) is 24.7 Å². The number of ether oxygens (including phenoxy) is 2. The molecule has 2 heterocycles. The number of amides is 1. The van der Waals surface area contributed by atoms with Crippen LogP contribution in [0, 0.1) is 0 Å². The fourth-order valence-corrected chi connectivity index (χ4v) is 3.61. The number of likely N-dealkylation sites (tertiary alicyclic amines) is 1. The summed E-state index contributed by atoms with van der Waals surface area (Å²) in [5.41, 5.74) is 0.878. The number of nitrogens with zero attached hydrogens (tertiary/aromatic N) is 1. The molecule has 1 aliphatic heterocycles. The fraction of sp³-hybridized carbons (Fsp3) is 0.435. The van der Waals surface area contributed by atoms with Crippen LogP contribution >= 0.6 is 0 Å². The summed E-state index contributed by atoms with van der Waals surface area (Å²) in [6, 6.07) is 9.54. The summed E-state index contributed by atoms with van der Waals surface area (Å²) in [4.78, 5) is 14.8. The van der Waals surface area contributed by atoms with Gasteiger partial charge < -0.3 is 19.2 Å². The Morgan fingerprint density at radius 3 is 2.76 bits per heavy atom. The molecule has 0 spiro atoms. The van der Waals surface area contributed by atoms with Gasteiger partial charge in [-0.25, -0.2) is 0 Å². The highest BCUT2D eigenvalue weighted by Crippen LogP contribution is 2.28. The maximum Gasteiger partial charge on any atom is 0.244 e. The molecule has 0 radical (unpaired) electrons. The van der Waals surface area contributed by atoms with Gasteiger partial charge in [0.2, 0.25) is 5.91 Å². The van der Waals surface area contributed by atoms with E-state index in [9.17, 15) is 4.79 Å². The highest BCUT2D eigenvalue weighted by atomic mass is 16.5. The Hall–Kier alpha value is -2.73. The number of rotatable bonds is 9. The molecule has 0 saturated carbocycles. The van der Waals surface area contributed by atoms with Gasteiger partial charge in [-0.3, -0.25) is 9.69 Å². The van der Waals surface area contributed by atoms with E-state index in [-0.39, 0.29) is 11.9 Å². The first-order chi connectivity index (χ1) is 14.2. The average molecular weight is 399 g/mol. The van der Waals surface area contributed by atoms with Gasteiger partial charge in [0, 0.05) is 12.6 Å². The van der Waals surface area contributed by atoms with Crippen LogP contribution < -0.4 is 14.8 Å². The lowest BCUT2D eigenvalue weighted by molar-refractivity contribution is -0.116. The Balaban J connectivity index is 1.61. The van der Waals surface area contributed by atoms with E-state index < -0.39 is 0 Å². The number of nitrogens with one attached hydrogen (secondary N) is 1. The molecule has 1 amide bonds. The molecule has 0 bridgehead atoms. The summed E-state index contributed by atoms with van der Waals surface area (Å²) >= 11 is 0. The molecular weight excluding hydrogens is 368 g/mol. The van der Waals surface area contributed by atoms with E-state index in [1.54, 1.807) is 25.5 Å². The number of benzene rings is 1. The summed E-state index contributed by atoms with van der Waals surface area (Å²) < 4.78 is 16.5. The first-order valence-corrected chi connectivity index (χ1v) is 10.3. The Morgan fingerprint density at radius 1 is 1.24 bits per heavy atom. The summed E-state index contributed by atoms with van der Waals surface area (Å²) in [7, 11) is 1.61. The zero-order valence-electron chi connectivity index (χ0n) is 17.2. The molecule has 6 nitrogen and oxygen atoms in total. The van der Waals surface area contributed by atoms with E-state index in [2.05, 4.69) is 10.2 Å². The lowest BCUT2D eigenvalue weighted by Crippen LogP contribution is -2.40. The van der Waals surface area contributed by atoms with Crippen LogP contribution in [-0.2, 0) is 4.79 Å². The van der Waals surface area contributed by atoms with Gasteiger partial charge in [-0.15, -0.1) is 0 Å². The molecule has 29 heavy (non-hydrogen) atoms. The van der Waals surface area contributed by atoms with Crippen molar-refractivity contribution in [2.45, 2.75) is 32.2 Å². The molecule has 1 aliphatic rings. The minimum atomic E-state index is -0.132. The summed E-state index contributed by atoms with van der Waals surface area (Å²) in [6.45, 7) is 5.05. The molecule has 6 heteroatoms. The van der Waals surface area contributed by atoms with Crippen LogP contribution in [0.4, 0.5) is 0 Å². The molecule has 1 atom stereocenters. The normalized spacial score (nSPS) is 15.9. The molecule has 1 N–H and O–H groups in total. The van der Waals surface area contributed by atoms with Crippen LogP contribution in [0.1, 0.15) is 43.6 Å². The maximum absolute atomic E-state index is 12.4. The second-order valence-electron chi connectivity index (χ2n) is 7.05. The molecule has 1 saturated heterocycles. The quantitative estimate of drug-likeness (QED) is 0.646. The third-order valence-corrected chi connectivity index (χ3v) is 5.09. The highest BCUT2D eigenvalue weighted by Gasteiger charge is 2.24. The van der Waals surface area contributed by atoms with Crippen LogP contribution in [0.2, 0.25) is 0 Å². The van der Waals surface area contributed by atoms with Crippen molar-refractivity contribution in [1.29, 1.82) is 0 Å². The van der Waals surface area contributed by atoms with Gasteiger partial charge in [0.15, 0.2) is 11.5 Å². The van der Waals surface area contributed by atoms with Crippen molar-refractivity contribution < 1.29 is 18.7 Å². The zero-order valence-corrected chi connectivity index (χ0v) is 17.2. The number of piperidine rings is 1. The van der Waals surface area contributed by atoms with Crippen molar-refractivity contribution in [1.82, 2.24) is 10.2 Å². The third-order valence-electron chi connectivity index (χ3n) is 5.09. The third kappa shape index (κ3) is 5.87. The van der Waals surface area contributed by atoms with Gasteiger partial charge >= 0.3 is 0 Å². The van der Waals surface area contributed by atoms with E-state index in [1.165, 1.54) is 19.3 Å². The van der Waals surface area contributed by atoms with Gasteiger partial charge in [0.25, 0.3) is 0 Å². The van der Waals surface area contributed by atoms with Crippen molar-refractivity contribution in [2.75, 3.05) is 33.4 Å². The molecule has 1 fully saturated rings. The first-order valence-electron chi connectivity index (χ1n) is 10.3. The fourth-order valence-electron chi connectivity index (χ4n) is 3.61. The minimum Gasteiger partial charge on any atom is -0.493 e. The van der Waals surface area contributed by atoms with Crippen LogP contribution in [0.25, 0.3) is 6.08 Å². The number of carbonyl (C=O) groups is 1. The summed E-state index contributed by atoms with van der Waals surface area (Å²) in [6.07, 6.45) is 8.65. The van der Waals surface area contributed by atoms with Gasteiger partial charge in [0.1, 0.15) is 5.76 Å². The largest absolute Gasteiger partial charge is 0.493 e. The minimum absolute atomic E-state index is 0.0631. The van der Waals surface area contributed by atoms with Crippen molar-refractivity contribution in [2.24, 2.45) is 0 Å². The first kappa shape index (κ1) is 21.0. The lowest BCUT2D eigenvalue weighted by atomic mass is 10.1. The van der Waals surface area contributed by atoms with E-state index in [0.717, 1.165) is 24.4 Å². The number of hydrogen-bond acceptors (Lipinski definition) is 5. The Labute approximate surface area is 172 Å². The number of methoxy groups -OCH3 is 1. The molecule has 1 aromatic heterocycles. The number of furan rings is 1. The van der Waals surface area contributed by atoms with Crippen LogP contribution in [0.5, 0.6) is 11.5 Å². The molecule has 0 aliphatic carbocycles. The van der Waals surface area contributed by atoms with Crippen molar-refractivity contribution in [3.05, 3.63) is 54.0 Å². The maximum atomic E-state index is 12.4. The Morgan fingerprint density at radius 2 is 2.07 bits per heavy atom. The van der Waals surface area contributed by atoms with Crippen LogP contribution in [0.3, 0.4) is 0 Å². The molecule has 156 valence electrons. The molecular formula is C23H30N2O4. The Bertz CT molecular complexity index is 795. The second kappa shape index (κ2) is 10.7. The van der Waals surface area contributed by atoms with Crippen molar-refractivity contribution in [3.8, 4) is 11.5 Å². The number of carbonyl (C=O) groups excluding carboxylic acids is 1. The van der Waals surface area contributed by atoms with E-state index >= 15 is 0 Å². The molecule has 1 aromatic carbocycles. The van der Waals surface area contributed by atoms with Gasteiger partial charge in [-0.05, 0) is 68.8 Å². The molecule has 3 rings (SSSR count). The SMILES string of the molecule is CCOc1cc(/C=C/C(=O)NCC(c2ccco2)N2CCCCC2)ccc1OC. The molecule has 2 aromatic rings. The lowest BCUT2D eigenvalue weighted by Gasteiger charge is -2.33. The van der Waals surface area contributed by atoms with Crippen molar-refractivity contribution in [3.63, 3.8) is 0 Å². The monoisotopic (exact) mass is 398 g/mol.